The largest absolute Gasteiger partial charge is 0.145 e. The Bertz CT molecular complexity index is 266. The van der Waals surface area contributed by atoms with Gasteiger partial charge >= 0.3 is 0 Å². The lowest BCUT2D eigenvalue weighted by atomic mass is 9.82. The maximum atomic E-state index is 2.38. The van der Waals surface area contributed by atoms with Gasteiger partial charge in [-0.2, -0.15) is 0 Å². The molecule has 0 aromatic carbocycles. The average Bonchev–Trinajstić information content (AvgIpc) is 2.53. The molecule has 1 heteroatoms. The van der Waals surface area contributed by atoms with E-state index in [1.54, 1.807) is 4.88 Å². The van der Waals surface area contributed by atoms with Crippen LogP contribution < -0.4 is 0 Å². The average molecular weight is 194 g/mol. The minimum atomic E-state index is 0.884. The third kappa shape index (κ3) is 2.14. The Morgan fingerprint density at radius 3 is 2.38 bits per heavy atom. The van der Waals surface area contributed by atoms with Crippen LogP contribution in [0.25, 0.3) is 0 Å². The second kappa shape index (κ2) is 3.83. The zero-order valence-electron chi connectivity index (χ0n) is 8.55. The topological polar surface area (TPSA) is 0 Å². The number of aryl methyl sites for hydroxylation is 1. The standard InChI is InChI=1S/C12H18S/c1-9-3-6-11(7-4-9)12-8-5-10(2)13-12/h5,8-9,11H,3-4,6-7H2,1-2H3/t9-,11-. The summed E-state index contributed by atoms with van der Waals surface area (Å²) in [7, 11) is 0. The summed E-state index contributed by atoms with van der Waals surface area (Å²) < 4.78 is 0. The van der Waals surface area contributed by atoms with Crippen LogP contribution in [0.15, 0.2) is 12.1 Å². The predicted octanol–water partition coefficient (Wildman–Crippen LogP) is 4.35. The molecular weight excluding hydrogens is 176 g/mol. The van der Waals surface area contributed by atoms with Crippen LogP contribution in [0.4, 0.5) is 0 Å². The van der Waals surface area contributed by atoms with E-state index in [0.29, 0.717) is 0 Å². The van der Waals surface area contributed by atoms with Crippen LogP contribution in [0.5, 0.6) is 0 Å². The molecule has 1 aromatic heterocycles. The van der Waals surface area contributed by atoms with Crippen LogP contribution in [0.1, 0.15) is 48.3 Å². The highest BCUT2D eigenvalue weighted by Crippen LogP contribution is 2.38. The minimum absolute atomic E-state index is 0.884. The maximum absolute atomic E-state index is 2.38. The monoisotopic (exact) mass is 194 g/mol. The Labute approximate surface area is 85.0 Å². The summed E-state index contributed by atoms with van der Waals surface area (Å²) in [6.07, 6.45) is 5.70. The molecule has 0 radical (unpaired) electrons. The summed E-state index contributed by atoms with van der Waals surface area (Å²) in [6, 6.07) is 4.60. The fraction of sp³-hybridized carbons (Fsp3) is 0.667. The first-order chi connectivity index (χ1) is 6.25. The van der Waals surface area contributed by atoms with Crippen molar-refractivity contribution in [3.63, 3.8) is 0 Å². The van der Waals surface area contributed by atoms with E-state index in [2.05, 4.69) is 26.0 Å². The molecule has 1 saturated carbocycles. The molecule has 0 spiro atoms. The molecule has 0 bridgehead atoms. The zero-order chi connectivity index (χ0) is 9.26. The van der Waals surface area contributed by atoms with E-state index in [-0.39, 0.29) is 0 Å². The van der Waals surface area contributed by atoms with Crippen molar-refractivity contribution >= 4 is 11.3 Å². The normalized spacial score (nSPS) is 29.1. The number of thiophene rings is 1. The Morgan fingerprint density at radius 2 is 1.85 bits per heavy atom. The SMILES string of the molecule is Cc1ccc([C@H]2CC[C@H](C)CC2)s1. The number of hydrogen-bond acceptors (Lipinski definition) is 1. The summed E-state index contributed by atoms with van der Waals surface area (Å²) in [6.45, 7) is 4.59. The molecule has 72 valence electrons. The van der Waals surface area contributed by atoms with Gasteiger partial charge in [-0.05, 0) is 43.7 Å². The van der Waals surface area contributed by atoms with Crippen LogP contribution >= 0.6 is 11.3 Å². The van der Waals surface area contributed by atoms with E-state index in [9.17, 15) is 0 Å². The van der Waals surface area contributed by atoms with E-state index in [1.807, 2.05) is 11.3 Å². The van der Waals surface area contributed by atoms with Crippen LogP contribution in [0.2, 0.25) is 0 Å². The first kappa shape index (κ1) is 9.26. The van der Waals surface area contributed by atoms with Crippen molar-refractivity contribution in [1.82, 2.24) is 0 Å². The fourth-order valence-electron chi connectivity index (χ4n) is 2.22. The van der Waals surface area contributed by atoms with Gasteiger partial charge in [-0.15, -0.1) is 11.3 Å². The smallest absolute Gasteiger partial charge is 0.00790 e. The van der Waals surface area contributed by atoms with Gasteiger partial charge in [-0.25, -0.2) is 0 Å². The first-order valence-corrected chi connectivity index (χ1v) is 6.13. The van der Waals surface area contributed by atoms with Gasteiger partial charge < -0.3 is 0 Å². The lowest BCUT2D eigenvalue weighted by Gasteiger charge is -2.25. The molecular formula is C12H18S. The Hall–Kier alpha value is -0.300. The minimum Gasteiger partial charge on any atom is -0.145 e. The van der Waals surface area contributed by atoms with Crippen molar-refractivity contribution in [2.75, 3.05) is 0 Å². The highest BCUT2D eigenvalue weighted by molar-refractivity contribution is 7.12. The van der Waals surface area contributed by atoms with Gasteiger partial charge in [0.05, 0.1) is 0 Å². The van der Waals surface area contributed by atoms with Crippen LogP contribution in [0.3, 0.4) is 0 Å². The van der Waals surface area contributed by atoms with Gasteiger partial charge in [0, 0.05) is 9.75 Å². The summed E-state index contributed by atoms with van der Waals surface area (Å²) in [5, 5.41) is 0. The first-order valence-electron chi connectivity index (χ1n) is 5.32. The van der Waals surface area contributed by atoms with Crippen molar-refractivity contribution in [1.29, 1.82) is 0 Å². The lowest BCUT2D eigenvalue weighted by Crippen LogP contribution is -2.09. The van der Waals surface area contributed by atoms with Gasteiger partial charge in [0.15, 0.2) is 0 Å². The quantitative estimate of drug-likeness (QED) is 0.623. The Balaban J connectivity index is 2.02. The molecule has 0 amide bonds. The van der Waals surface area contributed by atoms with Gasteiger partial charge in [0.2, 0.25) is 0 Å². The van der Waals surface area contributed by atoms with Gasteiger partial charge in [0.1, 0.15) is 0 Å². The summed E-state index contributed by atoms with van der Waals surface area (Å²) in [5.74, 6) is 1.85. The molecule has 1 aliphatic rings. The third-order valence-corrected chi connectivity index (χ3v) is 4.34. The number of hydrogen-bond donors (Lipinski definition) is 0. The summed E-state index contributed by atoms with van der Waals surface area (Å²) in [4.78, 5) is 3.10. The van der Waals surface area contributed by atoms with Crippen molar-refractivity contribution in [2.24, 2.45) is 5.92 Å². The summed E-state index contributed by atoms with van der Waals surface area (Å²) in [5.41, 5.74) is 0. The Kier molecular flexibility index (Phi) is 2.73. The maximum Gasteiger partial charge on any atom is 0.00790 e. The fourth-order valence-corrected chi connectivity index (χ4v) is 3.26. The molecule has 0 atom stereocenters. The van der Waals surface area contributed by atoms with Gasteiger partial charge in [-0.1, -0.05) is 19.8 Å². The van der Waals surface area contributed by atoms with Gasteiger partial charge in [-0.3, -0.25) is 0 Å². The third-order valence-electron chi connectivity index (χ3n) is 3.18. The van der Waals surface area contributed by atoms with Crippen molar-refractivity contribution < 1.29 is 0 Å². The highest BCUT2D eigenvalue weighted by atomic mass is 32.1. The predicted molar refractivity (Wildman–Crippen MR) is 59.4 cm³/mol. The molecule has 13 heavy (non-hydrogen) atoms. The molecule has 0 nitrogen and oxygen atoms in total. The molecule has 2 rings (SSSR count). The Morgan fingerprint density at radius 1 is 1.15 bits per heavy atom. The number of rotatable bonds is 1. The van der Waals surface area contributed by atoms with Crippen LogP contribution in [-0.4, -0.2) is 0 Å². The van der Waals surface area contributed by atoms with E-state index >= 15 is 0 Å². The second-order valence-corrected chi connectivity index (χ2v) is 5.72. The molecule has 1 aliphatic carbocycles. The second-order valence-electron chi connectivity index (χ2n) is 4.41. The molecule has 1 heterocycles. The van der Waals surface area contributed by atoms with Crippen LogP contribution in [-0.2, 0) is 0 Å². The molecule has 1 aromatic rings. The highest BCUT2D eigenvalue weighted by Gasteiger charge is 2.20. The van der Waals surface area contributed by atoms with Crippen molar-refractivity contribution in [3.8, 4) is 0 Å². The van der Waals surface area contributed by atoms with Crippen LogP contribution in [0, 0.1) is 12.8 Å². The van der Waals surface area contributed by atoms with Crippen molar-refractivity contribution in [3.05, 3.63) is 21.9 Å². The summed E-state index contributed by atoms with van der Waals surface area (Å²) >= 11 is 2.00. The lowest BCUT2D eigenvalue weighted by molar-refractivity contribution is 0.350. The van der Waals surface area contributed by atoms with Gasteiger partial charge in [0.25, 0.3) is 0 Å². The van der Waals surface area contributed by atoms with E-state index in [0.717, 1.165) is 11.8 Å². The van der Waals surface area contributed by atoms with E-state index in [1.165, 1.54) is 30.6 Å². The molecule has 0 unspecified atom stereocenters. The molecule has 0 saturated heterocycles. The van der Waals surface area contributed by atoms with E-state index in [4.69, 9.17) is 0 Å². The molecule has 1 fully saturated rings. The molecule has 0 aliphatic heterocycles. The van der Waals surface area contributed by atoms with E-state index < -0.39 is 0 Å². The zero-order valence-corrected chi connectivity index (χ0v) is 9.36. The molecule has 0 N–H and O–H groups in total. The van der Waals surface area contributed by atoms with Crippen molar-refractivity contribution in [2.45, 2.75) is 45.4 Å².